The summed E-state index contributed by atoms with van der Waals surface area (Å²) in [5.41, 5.74) is 3.00. The summed E-state index contributed by atoms with van der Waals surface area (Å²) in [4.78, 5) is 0. The molecule has 4 heteroatoms. The molecule has 0 spiro atoms. The molecule has 0 bridgehead atoms. The number of hydrogen-bond acceptors (Lipinski definition) is 2. The molecule has 2 aromatic rings. The molecule has 1 fully saturated rings. The normalized spacial score (nSPS) is 16.5. The van der Waals surface area contributed by atoms with E-state index in [1.54, 1.807) is 0 Å². The molecule has 1 aliphatic rings. The molecular formula is C13H12IN3. The van der Waals surface area contributed by atoms with E-state index in [2.05, 4.69) is 44.9 Å². The summed E-state index contributed by atoms with van der Waals surface area (Å²) < 4.78 is 1.03. The van der Waals surface area contributed by atoms with Crippen molar-refractivity contribution < 1.29 is 0 Å². The quantitative estimate of drug-likeness (QED) is 0.807. The van der Waals surface area contributed by atoms with Crippen LogP contribution in [0, 0.1) is 14.9 Å². The van der Waals surface area contributed by atoms with Gasteiger partial charge in [0.15, 0.2) is 0 Å². The van der Waals surface area contributed by atoms with Crippen LogP contribution in [-0.2, 0) is 0 Å². The summed E-state index contributed by atoms with van der Waals surface area (Å²) in [6.07, 6.45) is 7.03. The number of nitrogens with zero attached hydrogens (tertiary/aromatic N) is 2. The summed E-state index contributed by atoms with van der Waals surface area (Å²) in [5, 5.41) is 17.4. The first-order valence-electron chi connectivity index (χ1n) is 5.87. The van der Waals surface area contributed by atoms with Crippen LogP contribution < -0.4 is 0 Å². The van der Waals surface area contributed by atoms with Crippen molar-refractivity contribution in [2.24, 2.45) is 0 Å². The number of hydrogen-bond donors (Lipinski definition) is 1. The van der Waals surface area contributed by atoms with Crippen LogP contribution in [0.3, 0.4) is 0 Å². The van der Waals surface area contributed by atoms with Crippen molar-refractivity contribution >= 4 is 33.5 Å². The van der Waals surface area contributed by atoms with Gasteiger partial charge in [-0.1, -0.05) is 12.8 Å². The van der Waals surface area contributed by atoms with Crippen LogP contribution in [-0.4, -0.2) is 10.2 Å². The number of aromatic nitrogens is 2. The highest BCUT2D eigenvalue weighted by Crippen LogP contribution is 2.39. The Morgan fingerprint density at radius 1 is 1.41 bits per heavy atom. The first-order chi connectivity index (χ1) is 8.31. The maximum absolute atomic E-state index is 9.19. The molecule has 0 saturated heterocycles. The largest absolute Gasteiger partial charge is 0.276 e. The lowest BCUT2D eigenvalue weighted by atomic mass is 9.93. The summed E-state index contributed by atoms with van der Waals surface area (Å²) >= 11 is 2.25. The SMILES string of the molecule is N#Cc1c(I)cc(C2CCCC2)c2cn[nH]c12. The second kappa shape index (κ2) is 4.30. The maximum Gasteiger partial charge on any atom is 0.103 e. The first-order valence-corrected chi connectivity index (χ1v) is 6.94. The van der Waals surface area contributed by atoms with Gasteiger partial charge in [0.25, 0.3) is 0 Å². The van der Waals surface area contributed by atoms with E-state index >= 15 is 0 Å². The van der Waals surface area contributed by atoms with E-state index < -0.39 is 0 Å². The summed E-state index contributed by atoms with van der Waals surface area (Å²) in [7, 11) is 0. The van der Waals surface area contributed by atoms with Crippen LogP contribution in [0.4, 0.5) is 0 Å². The van der Waals surface area contributed by atoms with Gasteiger partial charge in [-0.15, -0.1) is 0 Å². The second-order valence-electron chi connectivity index (χ2n) is 4.57. The smallest absolute Gasteiger partial charge is 0.103 e. The van der Waals surface area contributed by atoms with Crippen LogP contribution in [0.5, 0.6) is 0 Å². The molecule has 0 unspecified atom stereocenters. The van der Waals surface area contributed by atoms with Crippen LogP contribution in [0.2, 0.25) is 0 Å². The molecule has 0 radical (unpaired) electrons. The van der Waals surface area contributed by atoms with Gasteiger partial charge in [0.1, 0.15) is 6.07 Å². The lowest BCUT2D eigenvalue weighted by Gasteiger charge is -2.12. The number of fused-ring (bicyclic) bond motifs is 1. The molecule has 1 aliphatic carbocycles. The number of benzene rings is 1. The molecule has 3 rings (SSSR count). The highest BCUT2D eigenvalue weighted by atomic mass is 127. The number of rotatable bonds is 1. The number of aromatic amines is 1. The van der Waals surface area contributed by atoms with Crippen molar-refractivity contribution in [1.29, 1.82) is 5.26 Å². The van der Waals surface area contributed by atoms with Crippen molar-refractivity contribution in [3.63, 3.8) is 0 Å². The molecule has 1 heterocycles. The van der Waals surface area contributed by atoms with Gasteiger partial charge in [-0.3, -0.25) is 5.10 Å². The first kappa shape index (κ1) is 11.0. The molecule has 3 nitrogen and oxygen atoms in total. The Hall–Kier alpha value is -1.09. The van der Waals surface area contributed by atoms with Crippen molar-refractivity contribution in [1.82, 2.24) is 10.2 Å². The van der Waals surface area contributed by atoms with E-state index in [1.165, 1.54) is 31.2 Å². The van der Waals surface area contributed by atoms with Gasteiger partial charge in [-0.2, -0.15) is 10.4 Å². The second-order valence-corrected chi connectivity index (χ2v) is 5.74. The Labute approximate surface area is 113 Å². The monoisotopic (exact) mass is 337 g/mol. The molecule has 1 aromatic carbocycles. The minimum Gasteiger partial charge on any atom is -0.276 e. The fourth-order valence-corrected chi connectivity index (χ4v) is 3.51. The molecule has 1 N–H and O–H groups in total. The number of halogens is 1. The lowest BCUT2D eigenvalue weighted by Crippen LogP contribution is -1.96. The molecule has 0 amide bonds. The van der Waals surface area contributed by atoms with E-state index in [1.807, 2.05) is 6.20 Å². The van der Waals surface area contributed by atoms with Crippen molar-refractivity contribution in [2.75, 3.05) is 0 Å². The van der Waals surface area contributed by atoms with E-state index in [-0.39, 0.29) is 0 Å². The summed E-state index contributed by atoms with van der Waals surface area (Å²) in [5.74, 6) is 0.649. The zero-order chi connectivity index (χ0) is 11.8. The number of H-pyrrole nitrogens is 1. The molecule has 86 valence electrons. The van der Waals surface area contributed by atoms with Crippen LogP contribution >= 0.6 is 22.6 Å². The van der Waals surface area contributed by atoms with Gasteiger partial charge < -0.3 is 0 Å². The van der Waals surface area contributed by atoms with Crippen molar-refractivity contribution in [3.05, 3.63) is 27.0 Å². The lowest BCUT2D eigenvalue weighted by molar-refractivity contribution is 0.729. The van der Waals surface area contributed by atoms with Gasteiger partial charge in [0, 0.05) is 8.96 Å². The minimum absolute atomic E-state index is 0.649. The molecule has 1 saturated carbocycles. The van der Waals surface area contributed by atoms with Crippen molar-refractivity contribution in [3.8, 4) is 6.07 Å². The molecule has 0 atom stereocenters. The molecule has 17 heavy (non-hydrogen) atoms. The Bertz CT molecular complexity index is 603. The summed E-state index contributed by atoms with van der Waals surface area (Å²) in [6.45, 7) is 0. The Morgan fingerprint density at radius 3 is 2.88 bits per heavy atom. The fraction of sp³-hybridized carbons (Fsp3) is 0.385. The van der Waals surface area contributed by atoms with Crippen molar-refractivity contribution in [2.45, 2.75) is 31.6 Å². The zero-order valence-electron chi connectivity index (χ0n) is 9.33. The molecule has 0 aliphatic heterocycles. The Balaban J connectivity index is 2.26. The van der Waals surface area contributed by atoms with Gasteiger partial charge in [-0.05, 0) is 53.0 Å². The third kappa shape index (κ3) is 1.73. The highest BCUT2D eigenvalue weighted by molar-refractivity contribution is 14.1. The zero-order valence-corrected chi connectivity index (χ0v) is 11.5. The topological polar surface area (TPSA) is 52.5 Å². The van der Waals surface area contributed by atoms with Crippen LogP contribution in [0.15, 0.2) is 12.3 Å². The minimum atomic E-state index is 0.649. The predicted molar refractivity (Wildman–Crippen MR) is 74.7 cm³/mol. The standard InChI is InChI=1S/C13H12IN3/c14-12-5-9(8-3-1-2-4-8)11-7-16-17-13(11)10(12)6-15/h5,7-8H,1-4H2,(H,16,17). The maximum atomic E-state index is 9.19. The highest BCUT2D eigenvalue weighted by Gasteiger charge is 2.22. The summed E-state index contributed by atoms with van der Waals surface area (Å²) in [6, 6.07) is 4.44. The van der Waals surface area contributed by atoms with Gasteiger partial charge in [0.2, 0.25) is 0 Å². The predicted octanol–water partition coefficient (Wildman–Crippen LogP) is 3.70. The Kier molecular flexibility index (Phi) is 2.79. The third-order valence-electron chi connectivity index (χ3n) is 3.63. The average Bonchev–Trinajstić information content (AvgIpc) is 2.99. The van der Waals surface area contributed by atoms with Crippen LogP contribution in [0.1, 0.15) is 42.7 Å². The molecular weight excluding hydrogens is 325 g/mol. The fourth-order valence-electron chi connectivity index (χ4n) is 2.79. The number of nitriles is 1. The average molecular weight is 337 g/mol. The van der Waals surface area contributed by atoms with E-state index in [4.69, 9.17) is 0 Å². The third-order valence-corrected chi connectivity index (χ3v) is 4.48. The van der Waals surface area contributed by atoms with E-state index in [9.17, 15) is 5.26 Å². The molecule has 1 aromatic heterocycles. The van der Waals surface area contributed by atoms with E-state index in [0.29, 0.717) is 5.92 Å². The van der Waals surface area contributed by atoms with E-state index in [0.717, 1.165) is 20.0 Å². The van der Waals surface area contributed by atoms with Gasteiger partial charge >= 0.3 is 0 Å². The van der Waals surface area contributed by atoms with Gasteiger partial charge in [0.05, 0.1) is 17.3 Å². The Morgan fingerprint density at radius 2 is 2.18 bits per heavy atom. The van der Waals surface area contributed by atoms with Gasteiger partial charge in [-0.25, -0.2) is 0 Å². The number of nitrogens with one attached hydrogen (secondary N) is 1. The van der Waals surface area contributed by atoms with Crippen LogP contribution in [0.25, 0.3) is 10.9 Å².